The van der Waals surface area contributed by atoms with Gasteiger partial charge in [0.1, 0.15) is 23.7 Å². The predicted octanol–water partition coefficient (Wildman–Crippen LogP) is 2.63. The van der Waals surface area contributed by atoms with Gasteiger partial charge < -0.3 is 14.8 Å². The molecule has 3 unspecified atom stereocenters. The van der Waals surface area contributed by atoms with E-state index in [1.807, 2.05) is 0 Å². The van der Waals surface area contributed by atoms with Crippen molar-refractivity contribution in [3.8, 4) is 11.5 Å². The minimum atomic E-state index is 0.306. The second-order valence-electron chi connectivity index (χ2n) is 6.58. The molecule has 4 rings (SSSR count). The number of hydrogen-bond donors (Lipinski definition) is 1. The van der Waals surface area contributed by atoms with Gasteiger partial charge in [0.2, 0.25) is 0 Å². The highest BCUT2D eigenvalue weighted by Gasteiger charge is 2.32. The van der Waals surface area contributed by atoms with Crippen molar-refractivity contribution in [2.24, 2.45) is 0 Å². The van der Waals surface area contributed by atoms with Gasteiger partial charge in [-0.25, -0.2) is 0 Å². The van der Waals surface area contributed by atoms with E-state index in [2.05, 4.69) is 25.2 Å². The molecule has 3 heteroatoms. The topological polar surface area (TPSA) is 30.5 Å². The molecule has 1 saturated heterocycles. The van der Waals surface area contributed by atoms with Gasteiger partial charge in [-0.15, -0.1) is 0 Å². The first-order chi connectivity index (χ1) is 9.70. The fourth-order valence-electron chi connectivity index (χ4n) is 3.91. The Kier molecular flexibility index (Phi) is 2.92. The average molecular weight is 273 g/mol. The molecule has 1 N–H and O–H groups in total. The monoisotopic (exact) mass is 273 g/mol. The van der Waals surface area contributed by atoms with E-state index < -0.39 is 0 Å². The second-order valence-corrected chi connectivity index (χ2v) is 6.58. The summed E-state index contributed by atoms with van der Waals surface area (Å²) in [6.07, 6.45) is 6.33. The molecule has 108 valence electrons. The van der Waals surface area contributed by atoms with E-state index in [9.17, 15) is 0 Å². The van der Waals surface area contributed by atoms with Gasteiger partial charge >= 0.3 is 0 Å². The van der Waals surface area contributed by atoms with Gasteiger partial charge in [-0.05, 0) is 45.7 Å². The Balaban J connectivity index is 1.75. The fourth-order valence-corrected chi connectivity index (χ4v) is 3.91. The third-order valence-corrected chi connectivity index (χ3v) is 4.79. The Morgan fingerprint density at radius 2 is 2.05 bits per heavy atom. The third-order valence-electron chi connectivity index (χ3n) is 4.79. The standard InChI is InChI=1S/C17H23NO2/c1-10-6-12-8-16-14(7-11(2)19-16)15(17(12)20-10)9-13-4-3-5-18-13/h8,10-11,13,18H,3-7,9H2,1-2H3. The van der Waals surface area contributed by atoms with Crippen LogP contribution in [0.3, 0.4) is 0 Å². The van der Waals surface area contributed by atoms with Crippen LogP contribution in [0.4, 0.5) is 0 Å². The van der Waals surface area contributed by atoms with Crippen molar-refractivity contribution in [1.29, 1.82) is 0 Å². The van der Waals surface area contributed by atoms with Crippen LogP contribution >= 0.6 is 0 Å². The summed E-state index contributed by atoms with van der Waals surface area (Å²) in [5, 5.41) is 3.61. The van der Waals surface area contributed by atoms with Gasteiger partial charge in [-0.3, -0.25) is 0 Å². The number of nitrogens with one attached hydrogen (secondary N) is 1. The number of hydrogen-bond acceptors (Lipinski definition) is 3. The van der Waals surface area contributed by atoms with Crippen molar-refractivity contribution >= 4 is 0 Å². The van der Waals surface area contributed by atoms with Crippen molar-refractivity contribution in [2.75, 3.05) is 6.54 Å². The van der Waals surface area contributed by atoms with E-state index in [4.69, 9.17) is 9.47 Å². The Bertz CT molecular complexity index is 498. The average Bonchev–Trinajstić information content (AvgIpc) is 3.08. The summed E-state index contributed by atoms with van der Waals surface area (Å²) in [5.74, 6) is 2.28. The minimum Gasteiger partial charge on any atom is -0.490 e. The first-order valence-electron chi connectivity index (χ1n) is 7.95. The molecule has 1 aromatic rings. The molecule has 0 spiro atoms. The van der Waals surface area contributed by atoms with Crippen LogP contribution < -0.4 is 14.8 Å². The Hall–Kier alpha value is -1.22. The lowest BCUT2D eigenvalue weighted by Crippen LogP contribution is -2.24. The van der Waals surface area contributed by atoms with Gasteiger partial charge in [0.15, 0.2) is 0 Å². The molecule has 3 aliphatic heterocycles. The summed E-state index contributed by atoms with van der Waals surface area (Å²) < 4.78 is 12.1. The van der Waals surface area contributed by atoms with E-state index >= 15 is 0 Å². The van der Waals surface area contributed by atoms with Crippen molar-refractivity contribution in [3.05, 3.63) is 22.8 Å². The summed E-state index contributed by atoms with van der Waals surface area (Å²) in [6, 6.07) is 2.84. The van der Waals surface area contributed by atoms with Gasteiger partial charge in [-0.1, -0.05) is 0 Å². The predicted molar refractivity (Wildman–Crippen MR) is 78.8 cm³/mol. The lowest BCUT2D eigenvalue weighted by Gasteiger charge is -2.17. The number of rotatable bonds is 2. The largest absolute Gasteiger partial charge is 0.490 e. The second kappa shape index (κ2) is 4.66. The number of benzene rings is 1. The SMILES string of the molecule is CC1Cc2c(cc3c(c2CC2CCCN2)OC(C)C3)O1. The van der Waals surface area contributed by atoms with Gasteiger partial charge in [0.05, 0.1) is 0 Å². The van der Waals surface area contributed by atoms with Crippen LogP contribution in [0.2, 0.25) is 0 Å². The summed E-state index contributed by atoms with van der Waals surface area (Å²) in [4.78, 5) is 0. The zero-order valence-corrected chi connectivity index (χ0v) is 12.4. The maximum Gasteiger partial charge on any atom is 0.126 e. The highest BCUT2D eigenvalue weighted by molar-refractivity contribution is 5.57. The highest BCUT2D eigenvalue weighted by atomic mass is 16.5. The minimum absolute atomic E-state index is 0.306. The van der Waals surface area contributed by atoms with Crippen LogP contribution in [-0.2, 0) is 19.3 Å². The van der Waals surface area contributed by atoms with Gasteiger partial charge in [-0.2, -0.15) is 0 Å². The summed E-state index contributed by atoms with van der Waals surface area (Å²) in [7, 11) is 0. The molecule has 0 radical (unpaired) electrons. The normalized spacial score (nSPS) is 30.8. The molecule has 3 aliphatic rings. The van der Waals surface area contributed by atoms with E-state index in [1.165, 1.54) is 35.3 Å². The molecule has 0 saturated carbocycles. The molecule has 20 heavy (non-hydrogen) atoms. The van der Waals surface area contributed by atoms with Crippen molar-refractivity contribution < 1.29 is 9.47 Å². The van der Waals surface area contributed by atoms with Crippen LogP contribution in [0.25, 0.3) is 0 Å². The Morgan fingerprint density at radius 1 is 1.20 bits per heavy atom. The molecule has 1 fully saturated rings. The van der Waals surface area contributed by atoms with E-state index in [0.717, 1.165) is 31.6 Å². The van der Waals surface area contributed by atoms with Crippen molar-refractivity contribution in [1.82, 2.24) is 5.32 Å². The molecule has 0 aliphatic carbocycles. The van der Waals surface area contributed by atoms with Crippen LogP contribution in [0.5, 0.6) is 11.5 Å². The number of ether oxygens (including phenoxy) is 2. The fraction of sp³-hybridized carbons (Fsp3) is 0.647. The summed E-state index contributed by atoms with van der Waals surface area (Å²) in [5.41, 5.74) is 4.17. The van der Waals surface area contributed by atoms with Crippen molar-refractivity contribution in [2.45, 2.75) is 64.2 Å². The zero-order chi connectivity index (χ0) is 13.7. The van der Waals surface area contributed by atoms with Gasteiger partial charge in [0, 0.05) is 35.6 Å². The van der Waals surface area contributed by atoms with Gasteiger partial charge in [0.25, 0.3) is 0 Å². The van der Waals surface area contributed by atoms with Crippen molar-refractivity contribution in [3.63, 3.8) is 0 Å². The zero-order valence-electron chi connectivity index (χ0n) is 12.4. The third kappa shape index (κ3) is 1.99. The molecule has 3 atom stereocenters. The smallest absolute Gasteiger partial charge is 0.126 e. The molecule has 0 bridgehead atoms. The lowest BCUT2D eigenvalue weighted by molar-refractivity contribution is 0.251. The highest BCUT2D eigenvalue weighted by Crippen LogP contribution is 2.44. The maximum absolute atomic E-state index is 6.13. The van der Waals surface area contributed by atoms with Crippen LogP contribution in [0.1, 0.15) is 43.4 Å². The summed E-state index contributed by atoms with van der Waals surface area (Å²) in [6.45, 7) is 5.48. The molecular formula is C17H23NO2. The number of fused-ring (bicyclic) bond motifs is 2. The van der Waals surface area contributed by atoms with E-state index in [-0.39, 0.29) is 0 Å². The maximum atomic E-state index is 6.13. The summed E-state index contributed by atoms with van der Waals surface area (Å²) >= 11 is 0. The lowest BCUT2D eigenvalue weighted by atomic mass is 9.93. The van der Waals surface area contributed by atoms with Crippen LogP contribution in [0, 0.1) is 0 Å². The van der Waals surface area contributed by atoms with Crippen LogP contribution in [0.15, 0.2) is 6.07 Å². The van der Waals surface area contributed by atoms with Crippen LogP contribution in [-0.4, -0.2) is 24.8 Å². The quantitative estimate of drug-likeness (QED) is 0.898. The first kappa shape index (κ1) is 12.5. The van der Waals surface area contributed by atoms with E-state index in [0.29, 0.717) is 18.2 Å². The Labute approximate surface area is 120 Å². The molecule has 0 amide bonds. The molecule has 1 aromatic carbocycles. The first-order valence-corrected chi connectivity index (χ1v) is 7.95. The van der Waals surface area contributed by atoms with E-state index in [1.54, 1.807) is 0 Å². The molecule has 3 heterocycles. The molecular weight excluding hydrogens is 250 g/mol. The molecule has 0 aromatic heterocycles. The molecule has 3 nitrogen and oxygen atoms in total. The Morgan fingerprint density at radius 3 is 2.85 bits per heavy atom.